The molecule has 0 unspecified atom stereocenters. The van der Waals surface area contributed by atoms with Gasteiger partial charge in [-0.25, -0.2) is 0 Å². The third kappa shape index (κ3) is 5.77. The van der Waals surface area contributed by atoms with Crippen LogP contribution in [-0.2, 0) is 4.74 Å². The number of hydrogen-bond donors (Lipinski definition) is 0. The first-order valence-corrected chi connectivity index (χ1v) is 9.57. The van der Waals surface area contributed by atoms with E-state index < -0.39 is 0 Å². The number of unbranched alkanes of at least 4 members (excludes halogenated alkanes) is 2. The van der Waals surface area contributed by atoms with Crippen LogP contribution in [-0.4, -0.2) is 12.7 Å². The van der Waals surface area contributed by atoms with E-state index in [0.29, 0.717) is 6.10 Å². The lowest BCUT2D eigenvalue weighted by molar-refractivity contribution is 0.00606. The standard InChI is InChI=1S/C20H36O/c1-3-5-6-16-21-20-14-12-19(13-15-20)18-10-8-17(7-4-2)9-11-18/h4,7,17-20H,3,5-6,8-16H2,1-2H3. The molecule has 21 heavy (non-hydrogen) atoms. The Labute approximate surface area is 132 Å². The Kier molecular flexibility index (Phi) is 7.85. The highest BCUT2D eigenvalue weighted by Gasteiger charge is 2.30. The molecule has 2 aliphatic rings. The van der Waals surface area contributed by atoms with Crippen molar-refractivity contribution in [3.8, 4) is 0 Å². The van der Waals surface area contributed by atoms with Crippen molar-refractivity contribution in [1.82, 2.24) is 0 Å². The van der Waals surface area contributed by atoms with Gasteiger partial charge < -0.3 is 4.74 Å². The highest BCUT2D eigenvalue weighted by atomic mass is 16.5. The van der Waals surface area contributed by atoms with Gasteiger partial charge in [-0.2, -0.15) is 0 Å². The van der Waals surface area contributed by atoms with E-state index in [1.807, 2.05) is 0 Å². The van der Waals surface area contributed by atoms with Crippen LogP contribution in [0.2, 0.25) is 0 Å². The fourth-order valence-electron chi connectivity index (χ4n) is 4.41. The van der Waals surface area contributed by atoms with E-state index in [1.165, 1.54) is 70.6 Å². The number of allylic oxidation sites excluding steroid dienone is 2. The minimum atomic E-state index is 0.581. The monoisotopic (exact) mass is 292 g/mol. The first-order valence-electron chi connectivity index (χ1n) is 9.57. The van der Waals surface area contributed by atoms with E-state index in [-0.39, 0.29) is 0 Å². The van der Waals surface area contributed by atoms with Crippen LogP contribution < -0.4 is 0 Å². The van der Waals surface area contributed by atoms with Crippen LogP contribution >= 0.6 is 0 Å². The van der Waals surface area contributed by atoms with Crippen LogP contribution in [0.3, 0.4) is 0 Å². The summed E-state index contributed by atoms with van der Waals surface area (Å²) in [6.07, 6.45) is 20.4. The normalized spacial score (nSPS) is 34.4. The summed E-state index contributed by atoms with van der Waals surface area (Å²) < 4.78 is 6.06. The Morgan fingerprint density at radius 3 is 2.05 bits per heavy atom. The molecule has 0 amide bonds. The molecule has 0 aromatic carbocycles. The molecule has 0 bridgehead atoms. The van der Waals surface area contributed by atoms with Gasteiger partial charge in [-0.15, -0.1) is 0 Å². The third-order valence-electron chi connectivity index (χ3n) is 5.77. The molecule has 1 nitrogen and oxygen atoms in total. The zero-order valence-corrected chi connectivity index (χ0v) is 14.4. The van der Waals surface area contributed by atoms with Crippen molar-refractivity contribution in [3.05, 3.63) is 12.2 Å². The minimum Gasteiger partial charge on any atom is -0.378 e. The van der Waals surface area contributed by atoms with E-state index in [0.717, 1.165) is 24.4 Å². The molecule has 0 saturated heterocycles. The van der Waals surface area contributed by atoms with Crippen molar-refractivity contribution in [2.45, 2.75) is 90.6 Å². The second-order valence-electron chi connectivity index (χ2n) is 7.32. The highest BCUT2D eigenvalue weighted by Crippen LogP contribution is 2.40. The molecule has 0 N–H and O–H groups in total. The Bertz CT molecular complexity index is 280. The van der Waals surface area contributed by atoms with Gasteiger partial charge in [0.25, 0.3) is 0 Å². The largest absolute Gasteiger partial charge is 0.378 e. The van der Waals surface area contributed by atoms with Gasteiger partial charge in [0.2, 0.25) is 0 Å². The maximum atomic E-state index is 6.06. The van der Waals surface area contributed by atoms with Gasteiger partial charge in [0, 0.05) is 6.61 Å². The molecule has 2 saturated carbocycles. The molecule has 1 heteroatoms. The second kappa shape index (κ2) is 9.66. The molecule has 0 aliphatic heterocycles. The van der Waals surface area contributed by atoms with Crippen LogP contribution in [0.25, 0.3) is 0 Å². The van der Waals surface area contributed by atoms with Crippen molar-refractivity contribution < 1.29 is 4.74 Å². The van der Waals surface area contributed by atoms with E-state index >= 15 is 0 Å². The molecule has 0 atom stereocenters. The predicted octanol–water partition coefficient (Wildman–Crippen LogP) is 6.13. The van der Waals surface area contributed by atoms with Crippen molar-refractivity contribution in [2.24, 2.45) is 17.8 Å². The molecule has 2 aliphatic carbocycles. The Balaban J connectivity index is 1.61. The summed E-state index contributed by atoms with van der Waals surface area (Å²) in [5.41, 5.74) is 0. The lowest BCUT2D eigenvalue weighted by Crippen LogP contribution is -2.28. The quantitative estimate of drug-likeness (QED) is 0.405. The second-order valence-corrected chi connectivity index (χ2v) is 7.32. The van der Waals surface area contributed by atoms with Gasteiger partial charge in [-0.1, -0.05) is 31.9 Å². The summed E-state index contributed by atoms with van der Waals surface area (Å²) in [5, 5.41) is 0. The van der Waals surface area contributed by atoms with Crippen molar-refractivity contribution >= 4 is 0 Å². The summed E-state index contributed by atoms with van der Waals surface area (Å²) in [5.74, 6) is 2.91. The molecular weight excluding hydrogens is 256 g/mol. The van der Waals surface area contributed by atoms with Crippen LogP contribution in [0.1, 0.15) is 84.5 Å². The molecule has 122 valence electrons. The van der Waals surface area contributed by atoms with Crippen LogP contribution in [0.15, 0.2) is 12.2 Å². The van der Waals surface area contributed by atoms with Gasteiger partial charge in [-0.3, -0.25) is 0 Å². The molecule has 2 rings (SSSR count). The summed E-state index contributed by atoms with van der Waals surface area (Å²) in [6, 6.07) is 0. The molecule has 0 aromatic heterocycles. The molecule has 0 spiro atoms. The first kappa shape index (κ1) is 17.1. The fraction of sp³-hybridized carbons (Fsp3) is 0.900. The van der Waals surface area contributed by atoms with Gasteiger partial charge in [-0.05, 0) is 82.5 Å². The Morgan fingerprint density at radius 2 is 1.48 bits per heavy atom. The summed E-state index contributed by atoms with van der Waals surface area (Å²) in [7, 11) is 0. The molecular formula is C20H36O. The minimum absolute atomic E-state index is 0.581. The summed E-state index contributed by atoms with van der Waals surface area (Å²) >= 11 is 0. The van der Waals surface area contributed by atoms with Crippen LogP contribution in [0, 0.1) is 17.8 Å². The van der Waals surface area contributed by atoms with Crippen LogP contribution in [0.5, 0.6) is 0 Å². The van der Waals surface area contributed by atoms with Crippen molar-refractivity contribution in [1.29, 1.82) is 0 Å². The summed E-state index contributed by atoms with van der Waals surface area (Å²) in [4.78, 5) is 0. The first-order chi connectivity index (χ1) is 10.3. The SMILES string of the molecule is CC=CC1CCC(C2CCC(OCCCCC)CC2)CC1. The third-order valence-corrected chi connectivity index (χ3v) is 5.77. The number of rotatable bonds is 7. The number of ether oxygens (including phenoxy) is 1. The fourth-order valence-corrected chi connectivity index (χ4v) is 4.41. The van der Waals surface area contributed by atoms with Gasteiger partial charge in [0.05, 0.1) is 6.10 Å². The van der Waals surface area contributed by atoms with Crippen LogP contribution in [0.4, 0.5) is 0 Å². The lowest BCUT2D eigenvalue weighted by atomic mass is 9.70. The molecule has 0 heterocycles. The molecule has 0 radical (unpaired) electrons. The Morgan fingerprint density at radius 1 is 0.857 bits per heavy atom. The predicted molar refractivity (Wildman–Crippen MR) is 91.5 cm³/mol. The van der Waals surface area contributed by atoms with Crippen molar-refractivity contribution in [2.75, 3.05) is 6.61 Å². The average molecular weight is 293 g/mol. The van der Waals surface area contributed by atoms with E-state index in [4.69, 9.17) is 4.74 Å². The zero-order valence-electron chi connectivity index (χ0n) is 14.4. The Hall–Kier alpha value is -0.300. The average Bonchev–Trinajstić information content (AvgIpc) is 2.53. The lowest BCUT2D eigenvalue weighted by Gasteiger charge is -2.37. The molecule has 2 fully saturated rings. The van der Waals surface area contributed by atoms with E-state index in [2.05, 4.69) is 26.0 Å². The maximum absolute atomic E-state index is 6.06. The van der Waals surface area contributed by atoms with Crippen molar-refractivity contribution in [3.63, 3.8) is 0 Å². The number of hydrogen-bond acceptors (Lipinski definition) is 1. The van der Waals surface area contributed by atoms with Gasteiger partial charge >= 0.3 is 0 Å². The summed E-state index contributed by atoms with van der Waals surface area (Å²) in [6.45, 7) is 5.42. The van der Waals surface area contributed by atoms with E-state index in [9.17, 15) is 0 Å². The maximum Gasteiger partial charge on any atom is 0.0575 e. The molecule has 0 aromatic rings. The van der Waals surface area contributed by atoms with E-state index in [1.54, 1.807) is 0 Å². The zero-order chi connectivity index (χ0) is 14.9. The topological polar surface area (TPSA) is 9.23 Å². The van der Waals surface area contributed by atoms with Gasteiger partial charge in [0.1, 0.15) is 0 Å². The highest BCUT2D eigenvalue weighted by molar-refractivity contribution is 4.90. The smallest absolute Gasteiger partial charge is 0.0575 e. The van der Waals surface area contributed by atoms with Gasteiger partial charge in [0.15, 0.2) is 0 Å².